The molecule has 1 aromatic carbocycles. The van der Waals surface area contributed by atoms with Gasteiger partial charge in [0.1, 0.15) is 5.82 Å². The van der Waals surface area contributed by atoms with Crippen molar-refractivity contribution in [3.05, 3.63) is 47.4 Å². The Morgan fingerprint density at radius 2 is 2.23 bits per heavy atom. The number of piperidine rings is 1. The standard InChI is InChI=1S/C16H18FN3O2/c1-2-14-18-16(22-19-14)12-7-8-15(21)20(10-12)9-11-5-3-4-6-13(11)17/h3-6,12H,2,7-10H2,1H3/t12-/m0/s1. The molecule has 1 saturated heterocycles. The molecular formula is C16H18FN3O2. The van der Waals surface area contributed by atoms with E-state index in [0.717, 1.165) is 0 Å². The molecule has 0 unspecified atom stereocenters. The second kappa shape index (κ2) is 6.25. The van der Waals surface area contributed by atoms with E-state index in [1.807, 2.05) is 6.92 Å². The average Bonchev–Trinajstić information content (AvgIpc) is 3.00. The summed E-state index contributed by atoms with van der Waals surface area (Å²) in [4.78, 5) is 18.1. The second-order valence-corrected chi connectivity index (χ2v) is 5.50. The first kappa shape index (κ1) is 14.7. The SMILES string of the molecule is CCc1noc([C@H]2CCC(=O)N(Cc3ccccc3F)C2)n1. The van der Waals surface area contributed by atoms with Crippen LogP contribution in [0.15, 0.2) is 28.8 Å². The molecule has 0 spiro atoms. The quantitative estimate of drug-likeness (QED) is 0.871. The smallest absolute Gasteiger partial charge is 0.231 e. The maximum atomic E-state index is 13.8. The third-order valence-electron chi connectivity index (χ3n) is 3.97. The van der Waals surface area contributed by atoms with E-state index in [1.54, 1.807) is 23.1 Å². The van der Waals surface area contributed by atoms with E-state index in [4.69, 9.17) is 4.52 Å². The third-order valence-corrected chi connectivity index (χ3v) is 3.97. The van der Waals surface area contributed by atoms with E-state index in [0.29, 0.717) is 43.1 Å². The minimum Gasteiger partial charge on any atom is -0.339 e. The van der Waals surface area contributed by atoms with Crippen molar-refractivity contribution in [3.8, 4) is 0 Å². The molecule has 1 aliphatic heterocycles. The second-order valence-electron chi connectivity index (χ2n) is 5.50. The fourth-order valence-corrected chi connectivity index (χ4v) is 2.68. The number of aryl methyl sites for hydroxylation is 1. The minimum atomic E-state index is -0.288. The summed E-state index contributed by atoms with van der Waals surface area (Å²) in [6.45, 7) is 2.72. The molecule has 0 radical (unpaired) electrons. The molecule has 0 aliphatic carbocycles. The molecule has 1 amide bonds. The van der Waals surface area contributed by atoms with Crippen LogP contribution in [-0.4, -0.2) is 27.5 Å². The first-order valence-corrected chi connectivity index (χ1v) is 7.51. The van der Waals surface area contributed by atoms with Gasteiger partial charge in [0.25, 0.3) is 0 Å². The van der Waals surface area contributed by atoms with E-state index in [2.05, 4.69) is 10.1 Å². The minimum absolute atomic E-state index is 0.0253. The first-order chi connectivity index (χ1) is 10.7. The van der Waals surface area contributed by atoms with Crippen molar-refractivity contribution >= 4 is 5.91 Å². The molecule has 0 N–H and O–H groups in total. The fraction of sp³-hybridized carbons (Fsp3) is 0.438. The molecule has 1 atom stereocenters. The van der Waals surface area contributed by atoms with Crippen molar-refractivity contribution in [2.75, 3.05) is 6.54 Å². The van der Waals surface area contributed by atoms with Crippen LogP contribution in [0.5, 0.6) is 0 Å². The molecule has 116 valence electrons. The summed E-state index contributed by atoms with van der Waals surface area (Å²) >= 11 is 0. The fourth-order valence-electron chi connectivity index (χ4n) is 2.68. The van der Waals surface area contributed by atoms with Crippen molar-refractivity contribution in [2.45, 2.75) is 38.6 Å². The number of hydrogen-bond acceptors (Lipinski definition) is 4. The summed E-state index contributed by atoms with van der Waals surface area (Å²) in [6.07, 6.45) is 1.83. The maximum Gasteiger partial charge on any atom is 0.231 e. The summed E-state index contributed by atoms with van der Waals surface area (Å²) in [5.41, 5.74) is 0.524. The van der Waals surface area contributed by atoms with Crippen LogP contribution in [0.25, 0.3) is 0 Å². The van der Waals surface area contributed by atoms with Gasteiger partial charge in [0.2, 0.25) is 11.8 Å². The monoisotopic (exact) mass is 303 g/mol. The zero-order valence-corrected chi connectivity index (χ0v) is 12.5. The topological polar surface area (TPSA) is 59.2 Å². The van der Waals surface area contributed by atoms with E-state index in [1.165, 1.54) is 6.07 Å². The van der Waals surface area contributed by atoms with Crippen LogP contribution in [-0.2, 0) is 17.8 Å². The van der Waals surface area contributed by atoms with E-state index < -0.39 is 0 Å². The van der Waals surface area contributed by atoms with Gasteiger partial charge in [0.15, 0.2) is 5.82 Å². The molecule has 0 saturated carbocycles. The molecule has 3 rings (SSSR count). The number of nitrogens with zero attached hydrogens (tertiary/aromatic N) is 3. The van der Waals surface area contributed by atoms with Gasteiger partial charge >= 0.3 is 0 Å². The van der Waals surface area contributed by atoms with E-state index in [9.17, 15) is 9.18 Å². The highest BCUT2D eigenvalue weighted by molar-refractivity contribution is 5.77. The highest BCUT2D eigenvalue weighted by atomic mass is 19.1. The predicted octanol–water partition coefficient (Wildman–Crippen LogP) is 2.68. The number of amides is 1. The number of halogens is 1. The Hall–Kier alpha value is -2.24. The van der Waals surface area contributed by atoms with Crippen LogP contribution < -0.4 is 0 Å². The molecule has 1 aliphatic rings. The number of carbonyl (C=O) groups excluding carboxylic acids is 1. The molecule has 1 fully saturated rings. The Kier molecular flexibility index (Phi) is 4.18. The number of likely N-dealkylation sites (tertiary alicyclic amines) is 1. The number of aromatic nitrogens is 2. The zero-order chi connectivity index (χ0) is 15.5. The predicted molar refractivity (Wildman–Crippen MR) is 77.5 cm³/mol. The van der Waals surface area contributed by atoms with Crippen molar-refractivity contribution in [1.29, 1.82) is 0 Å². The van der Waals surface area contributed by atoms with Gasteiger partial charge < -0.3 is 9.42 Å². The number of carbonyl (C=O) groups is 1. The molecule has 1 aromatic heterocycles. The van der Waals surface area contributed by atoms with Crippen molar-refractivity contribution in [2.24, 2.45) is 0 Å². The van der Waals surface area contributed by atoms with Crippen LogP contribution in [0.2, 0.25) is 0 Å². The Bertz CT molecular complexity index is 671. The average molecular weight is 303 g/mol. The van der Waals surface area contributed by atoms with Crippen LogP contribution in [0.1, 0.15) is 43.0 Å². The number of rotatable bonds is 4. The molecular weight excluding hydrogens is 285 g/mol. The lowest BCUT2D eigenvalue weighted by atomic mass is 9.97. The molecule has 2 heterocycles. The van der Waals surface area contributed by atoms with E-state index in [-0.39, 0.29) is 24.2 Å². The molecule has 0 bridgehead atoms. The summed E-state index contributed by atoms with van der Waals surface area (Å²) < 4.78 is 19.0. The van der Waals surface area contributed by atoms with Crippen LogP contribution in [0.3, 0.4) is 0 Å². The number of hydrogen-bond donors (Lipinski definition) is 0. The Labute approximate surface area is 128 Å². The van der Waals surface area contributed by atoms with Gasteiger partial charge in [0, 0.05) is 31.5 Å². The maximum absolute atomic E-state index is 13.8. The molecule has 5 nitrogen and oxygen atoms in total. The molecule has 2 aromatic rings. The van der Waals surface area contributed by atoms with Crippen molar-refractivity contribution in [3.63, 3.8) is 0 Å². The Morgan fingerprint density at radius 3 is 2.95 bits per heavy atom. The highest BCUT2D eigenvalue weighted by Crippen LogP contribution is 2.27. The van der Waals surface area contributed by atoms with Gasteiger partial charge in [0.05, 0.1) is 5.92 Å². The Morgan fingerprint density at radius 1 is 1.41 bits per heavy atom. The lowest BCUT2D eigenvalue weighted by Gasteiger charge is -2.31. The van der Waals surface area contributed by atoms with E-state index >= 15 is 0 Å². The van der Waals surface area contributed by atoms with Crippen LogP contribution in [0, 0.1) is 5.82 Å². The Balaban J connectivity index is 1.73. The van der Waals surface area contributed by atoms with Gasteiger partial charge in [-0.3, -0.25) is 4.79 Å². The van der Waals surface area contributed by atoms with Crippen molar-refractivity contribution in [1.82, 2.24) is 15.0 Å². The zero-order valence-electron chi connectivity index (χ0n) is 12.5. The lowest BCUT2D eigenvalue weighted by molar-refractivity contribution is -0.134. The first-order valence-electron chi connectivity index (χ1n) is 7.51. The van der Waals surface area contributed by atoms with Gasteiger partial charge in [-0.1, -0.05) is 30.3 Å². The third kappa shape index (κ3) is 3.00. The summed E-state index contributed by atoms with van der Waals surface area (Å²) in [6, 6.07) is 6.53. The van der Waals surface area contributed by atoms with Crippen LogP contribution in [0.4, 0.5) is 4.39 Å². The highest BCUT2D eigenvalue weighted by Gasteiger charge is 2.30. The van der Waals surface area contributed by atoms with Gasteiger partial charge in [-0.15, -0.1) is 0 Å². The normalized spacial score (nSPS) is 18.7. The van der Waals surface area contributed by atoms with Gasteiger partial charge in [-0.25, -0.2) is 4.39 Å². The van der Waals surface area contributed by atoms with Crippen molar-refractivity contribution < 1.29 is 13.7 Å². The molecule has 22 heavy (non-hydrogen) atoms. The largest absolute Gasteiger partial charge is 0.339 e. The van der Waals surface area contributed by atoms with Crippen LogP contribution >= 0.6 is 0 Å². The summed E-state index contributed by atoms with van der Waals surface area (Å²) in [5, 5.41) is 3.90. The summed E-state index contributed by atoms with van der Waals surface area (Å²) in [7, 11) is 0. The van der Waals surface area contributed by atoms with Gasteiger partial charge in [-0.2, -0.15) is 4.98 Å². The lowest BCUT2D eigenvalue weighted by Crippen LogP contribution is -2.38. The number of benzene rings is 1. The molecule has 6 heteroatoms. The van der Waals surface area contributed by atoms with Gasteiger partial charge in [-0.05, 0) is 12.5 Å². The summed E-state index contributed by atoms with van der Waals surface area (Å²) in [5.74, 6) is 1.02.